The Morgan fingerprint density at radius 3 is 2.68 bits per heavy atom. The number of nitrogens with two attached hydrogens (primary N) is 1. The van der Waals surface area contributed by atoms with Crippen LogP contribution in [0.15, 0.2) is 36.4 Å². The lowest BCUT2D eigenvalue weighted by Gasteiger charge is -2.01. The zero-order valence-corrected chi connectivity index (χ0v) is 11.1. The van der Waals surface area contributed by atoms with Gasteiger partial charge < -0.3 is 15.4 Å². The average Bonchev–Trinajstić information content (AvgIpc) is 2.90. The fourth-order valence-corrected chi connectivity index (χ4v) is 3.32. The second kappa shape index (κ2) is 4.13. The Kier molecular flexibility index (Phi) is 2.57. The average molecular weight is 272 g/mol. The lowest BCUT2D eigenvalue weighted by molar-refractivity contribution is 0.0993. The SMILES string of the molecule is Cn1c(C(N)=O)cc2sc(-c3ccccc3O)cc21. The summed E-state index contributed by atoms with van der Waals surface area (Å²) in [5, 5.41) is 9.86. The van der Waals surface area contributed by atoms with Gasteiger partial charge >= 0.3 is 0 Å². The number of carbonyl (C=O) groups is 1. The maximum atomic E-state index is 11.3. The number of aromatic nitrogens is 1. The molecule has 96 valence electrons. The van der Waals surface area contributed by atoms with Gasteiger partial charge in [-0.2, -0.15) is 0 Å². The van der Waals surface area contributed by atoms with Gasteiger partial charge in [0, 0.05) is 17.5 Å². The van der Waals surface area contributed by atoms with Gasteiger partial charge in [-0.25, -0.2) is 0 Å². The summed E-state index contributed by atoms with van der Waals surface area (Å²) in [4.78, 5) is 12.2. The Morgan fingerprint density at radius 1 is 1.32 bits per heavy atom. The fraction of sp³-hybridized carbons (Fsp3) is 0.0714. The molecule has 3 N–H and O–H groups in total. The van der Waals surface area contributed by atoms with Crippen molar-refractivity contribution < 1.29 is 9.90 Å². The van der Waals surface area contributed by atoms with Crippen molar-refractivity contribution in [1.82, 2.24) is 4.57 Å². The molecule has 1 amide bonds. The molecule has 0 aliphatic rings. The minimum atomic E-state index is -0.435. The van der Waals surface area contributed by atoms with E-state index in [1.165, 1.54) is 11.3 Å². The Bertz CT molecular complexity index is 786. The number of rotatable bonds is 2. The van der Waals surface area contributed by atoms with Crippen LogP contribution in [-0.2, 0) is 7.05 Å². The summed E-state index contributed by atoms with van der Waals surface area (Å²) in [5.74, 6) is -0.181. The Labute approximate surface area is 113 Å². The number of nitrogens with zero attached hydrogens (tertiary/aromatic N) is 1. The fourth-order valence-electron chi connectivity index (χ4n) is 2.16. The number of hydrogen-bond acceptors (Lipinski definition) is 3. The summed E-state index contributed by atoms with van der Waals surface area (Å²) in [6, 6.07) is 10.9. The number of aryl methyl sites for hydroxylation is 1. The molecule has 0 bridgehead atoms. The number of aromatic hydroxyl groups is 1. The van der Waals surface area contributed by atoms with E-state index in [-0.39, 0.29) is 5.75 Å². The van der Waals surface area contributed by atoms with Crippen molar-refractivity contribution in [3.63, 3.8) is 0 Å². The summed E-state index contributed by atoms with van der Waals surface area (Å²) >= 11 is 1.53. The molecule has 3 aromatic rings. The number of thiophene rings is 1. The van der Waals surface area contributed by atoms with Crippen LogP contribution in [0.25, 0.3) is 20.7 Å². The van der Waals surface area contributed by atoms with E-state index >= 15 is 0 Å². The minimum Gasteiger partial charge on any atom is -0.507 e. The second-order valence-electron chi connectivity index (χ2n) is 4.33. The molecular formula is C14H12N2O2S. The molecule has 0 saturated heterocycles. The number of fused-ring (bicyclic) bond motifs is 1. The number of para-hydroxylation sites is 1. The molecule has 0 spiro atoms. The largest absolute Gasteiger partial charge is 0.507 e. The smallest absolute Gasteiger partial charge is 0.265 e. The van der Waals surface area contributed by atoms with Gasteiger partial charge in [-0.3, -0.25) is 4.79 Å². The van der Waals surface area contributed by atoms with Gasteiger partial charge in [0.25, 0.3) is 5.91 Å². The van der Waals surface area contributed by atoms with E-state index in [0.29, 0.717) is 5.69 Å². The van der Waals surface area contributed by atoms with E-state index in [1.54, 1.807) is 22.8 Å². The van der Waals surface area contributed by atoms with Gasteiger partial charge in [0.2, 0.25) is 0 Å². The lowest BCUT2D eigenvalue weighted by atomic mass is 10.1. The molecule has 0 aliphatic heterocycles. The van der Waals surface area contributed by atoms with Crippen molar-refractivity contribution in [2.45, 2.75) is 0 Å². The highest BCUT2D eigenvalue weighted by Crippen LogP contribution is 2.38. The van der Waals surface area contributed by atoms with Crippen molar-refractivity contribution in [3.05, 3.63) is 42.1 Å². The first-order valence-corrected chi connectivity index (χ1v) is 6.57. The van der Waals surface area contributed by atoms with Gasteiger partial charge in [-0.05, 0) is 24.3 Å². The van der Waals surface area contributed by atoms with Crippen molar-refractivity contribution >= 4 is 27.5 Å². The first-order valence-electron chi connectivity index (χ1n) is 5.75. The van der Waals surface area contributed by atoms with Crippen LogP contribution in [-0.4, -0.2) is 15.6 Å². The molecule has 2 aromatic heterocycles. The number of primary amides is 1. The predicted molar refractivity (Wildman–Crippen MR) is 76.4 cm³/mol. The molecule has 0 unspecified atom stereocenters. The third kappa shape index (κ3) is 1.79. The van der Waals surface area contributed by atoms with Crippen LogP contribution >= 0.6 is 11.3 Å². The number of phenolic OH excluding ortho intramolecular Hbond substituents is 1. The summed E-state index contributed by atoms with van der Waals surface area (Å²) < 4.78 is 2.76. The molecule has 1 aromatic carbocycles. The highest BCUT2D eigenvalue weighted by atomic mass is 32.1. The minimum absolute atomic E-state index is 0.254. The van der Waals surface area contributed by atoms with Crippen LogP contribution in [0, 0.1) is 0 Å². The van der Waals surface area contributed by atoms with E-state index in [0.717, 1.165) is 20.7 Å². The van der Waals surface area contributed by atoms with Crippen LogP contribution in [0.4, 0.5) is 0 Å². The molecule has 19 heavy (non-hydrogen) atoms. The molecule has 4 nitrogen and oxygen atoms in total. The zero-order valence-electron chi connectivity index (χ0n) is 10.3. The Morgan fingerprint density at radius 2 is 2.05 bits per heavy atom. The van der Waals surface area contributed by atoms with Crippen LogP contribution < -0.4 is 5.73 Å². The highest BCUT2D eigenvalue weighted by Gasteiger charge is 2.15. The normalized spacial score (nSPS) is 11.0. The third-order valence-electron chi connectivity index (χ3n) is 3.15. The van der Waals surface area contributed by atoms with Crippen molar-refractivity contribution in [2.75, 3.05) is 0 Å². The quantitative estimate of drug-likeness (QED) is 0.753. The Balaban J connectivity index is 2.19. The maximum Gasteiger partial charge on any atom is 0.265 e. The third-order valence-corrected chi connectivity index (χ3v) is 4.26. The number of phenols is 1. The van der Waals surface area contributed by atoms with Crippen LogP contribution in [0.5, 0.6) is 5.75 Å². The van der Waals surface area contributed by atoms with Crippen LogP contribution in [0.1, 0.15) is 10.5 Å². The van der Waals surface area contributed by atoms with E-state index in [9.17, 15) is 9.90 Å². The standard InChI is InChI=1S/C14H12N2O2S/c1-16-9-6-12(8-4-2-3-5-11(8)17)19-13(9)7-10(16)14(15)18/h2-7,17H,1H3,(H2,15,18). The first kappa shape index (κ1) is 11.8. The van der Waals surface area contributed by atoms with Crippen molar-refractivity contribution in [3.8, 4) is 16.2 Å². The van der Waals surface area contributed by atoms with Gasteiger partial charge in [-0.1, -0.05) is 12.1 Å². The summed E-state index contributed by atoms with van der Waals surface area (Å²) in [5.41, 5.74) is 7.54. The van der Waals surface area contributed by atoms with E-state index in [4.69, 9.17) is 5.73 Å². The van der Waals surface area contributed by atoms with E-state index < -0.39 is 5.91 Å². The van der Waals surface area contributed by atoms with Crippen molar-refractivity contribution in [1.29, 1.82) is 0 Å². The molecule has 5 heteroatoms. The molecule has 0 saturated carbocycles. The molecular weight excluding hydrogens is 260 g/mol. The predicted octanol–water partition coefficient (Wildman–Crippen LogP) is 2.71. The first-order chi connectivity index (χ1) is 9.08. The molecule has 0 radical (unpaired) electrons. The number of amides is 1. The number of hydrogen-bond donors (Lipinski definition) is 2. The lowest BCUT2D eigenvalue weighted by Crippen LogP contribution is -2.14. The maximum absolute atomic E-state index is 11.3. The summed E-state index contributed by atoms with van der Waals surface area (Å²) in [6.45, 7) is 0. The molecule has 3 rings (SSSR count). The van der Waals surface area contributed by atoms with Gasteiger partial charge in [-0.15, -0.1) is 11.3 Å². The summed E-state index contributed by atoms with van der Waals surface area (Å²) in [7, 11) is 1.81. The number of carbonyl (C=O) groups excluding carboxylic acids is 1. The second-order valence-corrected chi connectivity index (χ2v) is 5.41. The van der Waals surface area contributed by atoms with E-state index in [2.05, 4.69) is 0 Å². The van der Waals surface area contributed by atoms with Crippen LogP contribution in [0.3, 0.4) is 0 Å². The van der Waals surface area contributed by atoms with Gasteiger partial charge in [0.15, 0.2) is 0 Å². The van der Waals surface area contributed by atoms with E-state index in [1.807, 2.05) is 25.2 Å². The summed E-state index contributed by atoms with van der Waals surface area (Å²) in [6.07, 6.45) is 0. The molecule has 2 heterocycles. The number of benzene rings is 1. The van der Waals surface area contributed by atoms with Gasteiger partial charge in [0.1, 0.15) is 11.4 Å². The topological polar surface area (TPSA) is 68.2 Å². The Hall–Kier alpha value is -2.27. The van der Waals surface area contributed by atoms with Crippen LogP contribution in [0.2, 0.25) is 0 Å². The molecule has 0 atom stereocenters. The monoisotopic (exact) mass is 272 g/mol. The van der Waals surface area contributed by atoms with Gasteiger partial charge in [0.05, 0.1) is 10.2 Å². The zero-order chi connectivity index (χ0) is 13.6. The van der Waals surface area contributed by atoms with Crippen molar-refractivity contribution in [2.24, 2.45) is 12.8 Å². The highest BCUT2D eigenvalue weighted by molar-refractivity contribution is 7.22. The molecule has 0 fully saturated rings. The molecule has 0 aliphatic carbocycles.